The fraction of sp³-hybridized carbons (Fsp3) is 0.727. The molecule has 1 aliphatic heterocycles. The molecule has 0 aromatic carbocycles. The number of imidazole rings is 1. The number of hydrogen-bond donors (Lipinski definition) is 1. The van der Waals surface area contributed by atoms with Crippen molar-refractivity contribution in [2.45, 2.75) is 11.1 Å². The molecule has 114 valence electrons. The SMILES string of the molecule is CN1CCN(C)C(CNS(=O)(=O)c2ncn(C)c2Cl)C1. The minimum atomic E-state index is -3.67. The van der Waals surface area contributed by atoms with Crippen LogP contribution >= 0.6 is 11.6 Å². The predicted molar refractivity (Wildman–Crippen MR) is 77.3 cm³/mol. The first-order valence-electron chi connectivity index (χ1n) is 6.36. The summed E-state index contributed by atoms with van der Waals surface area (Å²) in [6, 6.07) is 0.144. The molecule has 1 saturated heterocycles. The van der Waals surface area contributed by atoms with E-state index in [9.17, 15) is 8.42 Å². The molecule has 1 fully saturated rings. The average molecular weight is 322 g/mol. The number of nitrogens with one attached hydrogen (secondary N) is 1. The fourth-order valence-electron chi connectivity index (χ4n) is 2.17. The molecule has 0 amide bonds. The maximum absolute atomic E-state index is 12.2. The monoisotopic (exact) mass is 321 g/mol. The molecular formula is C11H20ClN5O2S. The zero-order chi connectivity index (χ0) is 14.9. The van der Waals surface area contributed by atoms with Gasteiger partial charge in [0.2, 0.25) is 5.03 Å². The summed E-state index contributed by atoms with van der Waals surface area (Å²) < 4.78 is 28.4. The van der Waals surface area contributed by atoms with Crippen LogP contribution in [-0.4, -0.2) is 74.1 Å². The Bertz CT molecular complexity index is 573. The van der Waals surface area contributed by atoms with Crippen molar-refractivity contribution < 1.29 is 8.42 Å². The van der Waals surface area contributed by atoms with Crippen LogP contribution in [0.25, 0.3) is 0 Å². The Morgan fingerprint density at radius 1 is 1.40 bits per heavy atom. The molecule has 7 nitrogen and oxygen atoms in total. The molecule has 9 heteroatoms. The van der Waals surface area contributed by atoms with Gasteiger partial charge >= 0.3 is 0 Å². The number of aromatic nitrogens is 2. The number of sulfonamides is 1. The van der Waals surface area contributed by atoms with Gasteiger partial charge in [-0.1, -0.05) is 11.6 Å². The highest BCUT2D eigenvalue weighted by Gasteiger charge is 2.27. The lowest BCUT2D eigenvalue weighted by Crippen LogP contribution is -2.54. The van der Waals surface area contributed by atoms with E-state index in [2.05, 4.69) is 19.5 Å². The Hall–Kier alpha value is -0.670. The van der Waals surface area contributed by atoms with E-state index in [0.29, 0.717) is 6.54 Å². The third-order valence-electron chi connectivity index (χ3n) is 3.58. The number of piperazine rings is 1. The van der Waals surface area contributed by atoms with Gasteiger partial charge in [-0.05, 0) is 14.1 Å². The van der Waals surface area contributed by atoms with Crippen LogP contribution in [0.3, 0.4) is 0 Å². The van der Waals surface area contributed by atoms with E-state index in [1.807, 2.05) is 14.1 Å². The maximum atomic E-state index is 12.2. The van der Waals surface area contributed by atoms with E-state index < -0.39 is 10.0 Å². The Labute approximate surface area is 124 Å². The maximum Gasteiger partial charge on any atom is 0.261 e. The molecule has 1 N–H and O–H groups in total. The van der Waals surface area contributed by atoms with Crippen LogP contribution < -0.4 is 4.72 Å². The van der Waals surface area contributed by atoms with Gasteiger partial charge in [-0.25, -0.2) is 18.1 Å². The molecule has 0 spiro atoms. The minimum absolute atomic E-state index is 0.117. The van der Waals surface area contributed by atoms with Crippen molar-refractivity contribution in [1.82, 2.24) is 24.1 Å². The zero-order valence-electron chi connectivity index (χ0n) is 11.9. The Morgan fingerprint density at radius 3 is 2.70 bits per heavy atom. The third kappa shape index (κ3) is 3.32. The van der Waals surface area contributed by atoms with E-state index >= 15 is 0 Å². The second-order valence-corrected chi connectivity index (χ2v) is 7.24. The number of halogens is 1. The minimum Gasteiger partial charge on any atom is -0.324 e. The fourth-order valence-corrected chi connectivity index (χ4v) is 3.67. The first kappa shape index (κ1) is 15.7. The summed E-state index contributed by atoms with van der Waals surface area (Å²) in [5.41, 5.74) is 0. The third-order valence-corrected chi connectivity index (χ3v) is 5.49. The van der Waals surface area contributed by atoms with Crippen LogP contribution in [0.15, 0.2) is 11.4 Å². The van der Waals surface area contributed by atoms with Gasteiger partial charge < -0.3 is 9.47 Å². The van der Waals surface area contributed by atoms with Crippen LogP contribution in [-0.2, 0) is 17.1 Å². The van der Waals surface area contributed by atoms with Crippen LogP contribution in [0.1, 0.15) is 0 Å². The summed E-state index contributed by atoms with van der Waals surface area (Å²) in [5.74, 6) is 0. The molecule has 1 aliphatic rings. The first-order valence-corrected chi connectivity index (χ1v) is 8.22. The van der Waals surface area contributed by atoms with Gasteiger partial charge in [0.05, 0.1) is 6.33 Å². The Balaban J connectivity index is 2.04. The first-order chi connectivity index (χ1) is 9.31. The van der Waals surface area contributed by atoms with E-state index in [0.717, 1.165) is 19.6 Å². The van der Waals surface area contributed by atoms with Crippen LogP contribution in [0, 0.1) is 0 Å². The van der Waals surface area contributed by atoms with Crippen LogP contribution in [0.2, 0.25) is 5.15 Å². The zero-order valence-corrected chi connectivity index (χ0v) is 13.4. The van der Waals surface area contributed by atoms with Crippen molar-refractivity contribution in [3.8, 4) is 0 Å². The lowest BCUT2D eigenvalue weighted by atomic mass is 10.2. The molecule has 1 atom stereocenters. The van der Waals surface area contributed by atoms with Crippen molar-refractivity contribution in [2.24, 2.45) is 7.05 Å². The van der Waals surface area contributed by atoms with Gasteiger partial charge in [-0.2, -0.15) is 0 Å². The van der Waals surface area contributed by atoms with E-state index in [-0.39, 0.29) is 16.2 Å². The molecule has 0 saturated carbocycles. The summed E-state index contributed by atoms with van der Waals surface area (Å²) in [5, 5.41) is 0.0000931. The molecule has 1 unspecified atom stereocenters. The standard InChI is InChI=1S/C11H20ClN5O2S/c1-15-4-5-16(2)9(7-15)6-14-20(18,19)11-10(12)17(3)8-13-11/h8-9,14H,4-7H2,1-3H3. The average Bonchev–Trinajstić information content (AvgIpc) is 2.72. The van der Waals surface area contributed by atoms with Crippen molar-refractivity contribution in [1.29, 1.82) is 0 Å². The molecule has 0 radical (unpaired) electrons. The molecule has 0 bridgehead atoms. The van der Waals surface area contributed by atoms with Crippen LogP contribution in [0.4, 0.5) is 0 Å². The highest BCUT2D eigenvalue weighted by atomic mass is 35.5. The molecule has 0 aliphatic carbocycles. The largest absolute Gasteiger partial charge is 0.324 e. The van der Waals surface area contributed by atoms with Crippen molar-refractivity contribution in [3.63, 3.8) is 0 Å². The molecule has 2 heterocycles. The highest BCUT2D eigenvalue weighted by Crippen LogP contribution is 2.18. The van der Waals surface area contributed by atoms with Crippen molar-refractivity contribution in [3.05, 3.63) is 11.5 Å². The van der Waals surface area contributed by atoms with Gasteiger partial charge in [0, 0.05) is 39.3 Å². The second-order valence-electron chi connectivity index (χ2n) is 5.20. The summed E-state index contributed by atoms with van der Waals surface area (Å²) in [6.07, 6.45) is 1.39. The van der Waals surface area contributed by atoms with Gasteiger partial charge in [-0.15, -0.1) is 0 Å². The van der Waals surface area contributed by atoms with Gasteiger partial charge in [-0.3, -0.25) is 4.90 Å². The molecule has 1 aromatic rings. The van der Waals surface area contributed by atoms with Crippen molar-refractivity contribution in [2.75, 3.05) is 40.3 Å². The molecule has 20 heavy (non-hydrogen) atoms. The lowest BCUT2D eigenvalue weighted by Gasteiger charge is -2.37. The summed E-state index contributed by atoms with van der Waals surface area (Å²) in [6.45, 7) is 3.09. The Kier molecular flexibility index (Phi) is 4.70. The van der Waals surface area contributed by atoms with E-state index in [4.69, 9.17) is 11.6 Å². The number of aryl methyl sites for hydroxylation is 1. The van der Waals surface area contributed by atoms with Gasteiger partial charge in [0.25, 0.3) is 10.0 Å². The number of likely N-dealkylation sites (N-methyl/N-ethyl adjacent to an activating group) is 2. The number of hydrogen-bond acceptors (Lipinski definition) is 5. The second kappa shape index (κ2) is 5.98. The van der Waals surface area contributed by atoms with Gasteiger partial charge in [0.1, 0.15) is 5.15 Å². The van der Waals surface area contributed by atoms with Crippen LogP contribution in [0.5, 0.6) is 0 Å². The molecular weight excluding hydrogens is 302 g/mol. The number of rotatable bonds is 4. The quantitative estimate of drug-likeness (QED) is 0.817. The topological polar surface area (TPSA) is 70.5 Å². The smallest absolute Gasteiger partial charge is 0.261 e. The summed E-state index contributed by atoms with van der Waals surface area (Å²) in [7, 11) is 2.01. The van der Waals surface area contributed by atoms with E-state index in [1.165, 1.54) is 10.9 Å². The Morgan fingerprint density at radius 2 is 2.10 bits per heavy atom. The summed E-state index contributed by atoms with van der Waals surface area (Å²) in [4.78, 5) is 8.18. The van der Waals surface area contributed by atoms with Gasteiger partial charge in [0.15, 0.2) is 0 Å². The normalized spacial score (nSPS) is 22.3. The molecule has 1 aromatic heterocycles. The summed E-state index contributed by atoms with van der Waals surface area (Å²) >= 11 is 5.93. The van der Waals surface area contributed by atoms with Crippen molar-refractivity contribution >= 4 is 21.6 Å². The molecule has 2 rings (SSSR count). The number of nitrogens with zero attached hydrogens (tertiary/aromatic N) is 4. The highest BCUT2D eigenvalue weighted by molar-refractivity contribution is 7.89. The van der Waals surface area contributed by atoms with E-state index in [1.54, 1.807) is 7.05 Å². The lowest BCUT2D eigenvalue weighted by molar-refractivity contribution is 0.117. The predicted octanol–water partition coefficient (Wildman–Crippen LogP) is -0.402.